The predicted molar refractivity (Wildman–Crippen MR) is 148 cm³/mol. The SMILES string of the molecule is [C-]#Cc1c2c(c(C#[C-])c3c1C1c4ccccc4C3c3ccccc31)C1c3ccccc3C2c2ccccc21. The van der Waals surface area contributed by atoms with E-state index in [9.17, 15) is 0 Å². The van der Waals surface area contributed by atoms with Crippen molar-refractivity contribution in [3.05, 3.63) is 188 Å². The lowest BCUT2D eigenvalue weighted by molar-refractivity contribution is 0.710. The van der Waals surface area contributed by atoms with Gasteiger partial charge < -0.3 is 12.8 Å². The average Bonchev–Trinajstić information content (AvgIpc) is 2.99. The third-order valence-electron chi connectivity index (χ3n) is 9.53. The summed E-state index contributed by atoms with van der Waals surface area (Å²) < 4.78 is 0. The molecule has 0 radical (unpaired) electrons. The Bertz CT molecular complexity index is 1610. The molecule has 5 aromatic rings. The largest absolute Gasteiger partial charge is 0.366 e. The molecule has 0 nitrogen and oxygen atoms in total. The summed E-state index contributed by atoms with van der Waals surface area (Å²) in [7, 11) is 0. The van der Waals surface area contributed by atoms with Crippen molar-refractivity contribution in [1.82, 2.24) is 0 Å². The van der Waals surface area contributed by atoms with Crippen LogP contribution >= 0.6 is 0 Å². The van der Waals surface area contributed by atoms with Crippen LogP contribution in [0.2, 0.25) is 0 Å². The Balaban J connectivity index is 1.48. The van der Waals surface area contributed by atoms with Crippen molar-refractivity contribution in [2.75, 3.05) is 0 Å². The topological polar surface area (TPSA) is 0 Å². The van der Waals surface area contributed by atoms with Crippen molar-refractivity contribution in [3.8, 4) is 11.8 Å². The van der Waals surface area contributed by atoms with E-state index in [0.717, 1.165) is 11.1 Å². The Morgan fingerprint density at radius 3 is 0.684 bits per heavy atom. The Morgan fingerprint density at radius 1 is 0.342 bits per heavy atom. The zero-order valence-electron chi connectivity index (χ0n) is 20.5. The van der Waals surface area contributed by atoms with Gasteiger partial charge in [0.2, 0.25) is 0 Å². The van der Waals surface area contributed by atoms with Crippen molar-refractivity contribution >= 4 is 0 Å². The van der Waals surface area contributed by atoms with E-state index < -0.39 is 0 Å². The van der Waals surface area contributed by atoms with Crippen LogP contribution in [0.3, 0.4) is 0 Å². The van der Waals surface area contributed by atoms with Crippen LogP contribution in [0.4, 0.5) is 0 Å². The van der Waals surface area contributed by atoms with Crippen molar-refractivity contribution in [2.45, 2.75) is 23.7 Å². The molecule has 0 heterocycles. The minimum atomic E-state index is 0.0265. The molecular formula is C38H20-2. The Hall–Kier alpha value is -4.78. The van der Waals surface area contributed by atoms with Gasteiger partial charge in [0.05, 0.1) is 0 Å². The maximum absolute atomic E-state index is 8.73. The van der Waals surface area contributed by atoms with Gasteiger partial charge in [0.15, 0.2) is 0 Å². The zero-order valence-corrected chi connectivity index (χ0v) is 20.5. The molecular weight excluding hydrogens is 456 g/mol. The fourth-order valence-electron chi connectivity index (χ4n) is 8.36. The standard InChI is InChI=1S/C38H20/c1-3-21-35-31-23-13-5-9-17-27(23)33(28-18-10-6-14-24(28)31)37(35)22(4-2)38-34-29-19-11-7-15-25(29)32(36(21)38)26-16-8-12-20-30(26)34/h5-20,31-34H/q-2. The first kappa shape index (κ1) is 20.3. The molecule has 0 fully saturated rings. The van der Waals surface area contributed by atoms with Crippen molar-refractivity contribution in [1.29, 1.82) is 0 Å². The van der Waals surface area contributed by atoms with Crippen LogP contribution < -0.4 is 0 Å². The van der Waals surface area contributed by atoms with E-state index in [1.165, 1.54) is 66.8 Å². The highest BCUT2D eigenvalue weighted by molar-refractivity contribution is 5.81. The summed E-state index contributed by atoms with van der Waals surface area (Å²) in [6, 6.07) is 35.1. The Kier molecular flexibility index (Phi) is 3.71. The fraction of sp³-hybridized carbons (Fsp3) is 0.105. The normalized spacial score (nSPS) is 21.6. The molecule has 38 heavy (non-hydrogen) atoms. The summed E-state index contributed by atoms with van der Waals surface area (Å²) in [6.07, 6.45) is 17.5. The fourth-order valence-corrected chi connectivity index (χ4v) is 8.36. The third kappa shape index (κ3) is 2.15. The Labute approximate surface area is 223 Å². The molecule has 11 rings (SSSR count). The van der Waals surface area contributed by atoms with Gasteiger partial charge in [-0.3, -0.25) is 11.8 Å². The van der Waals surface area contributed by atoms with Crippen LogP contribution in [-0.2, 0) is 0 Å². The van der Waals surface area contributed by atoms with Gasteiger partial charge in [-0.15, -0.1) is 33.4 Å². The van der Waals surface area contributed by atoms with Crippen LogP contribution in [0.25, 0.3) is 0 Å². The van der Waals surface area contributed by atoms with Crippen LogP contribution in [0.1, 0.15) is 102 Å². The molecule has 0 atom stereocenters. The molecule has 0 unspecified atom stereocenters. The highest BCUT2D eigenvalue weighted by atomic mass is 14.5. The smallest absolute Gasteiger partial charge is 0.0182 e. The van der Waals surface area contributed by atoms with E-state index in [4.69, 9.17) is 12.8 Å². The highest BCUT2D eigenvalue weighted by Crippen LogP contribution is 2.63. The molecule has 0 amide bonds. The lowest BCUT2D eigenvalue weighted by Crippen LogP contribution is -2.35. The predicted octanol–water partition coefficient (Wildman–Crippen LogP) is 7.54. The van der Waals surface area contributed by atoms with Gasteiger partial charge in [-0.2, -0.15) is 0 Å². The van der Waals surface area contributed by atoms with E-state index in [-0.39, 0.29) is 23.7 Å². The molecule has 6 aliphatic rings. The van der Waals surface area contributed by atoms with Gasteiger partial charge in [-0.05, 0) is 44.5 Å². The summed E-state index contributed by atoms with van der Waals surface area (Å²) in [5.74, 6) is 6.08. The molecule has 5 aromatic carbocycles. The highest BCUT2D eigenvalue weighted by Gasteiger charge is 2.45. The molecule has 0 saturated heterocycles. The Morgan fingerprint density at radius 2 is 0.526 bits per heavy atom. The van der Waals surface area contributed by atoms with E-state index >= 15 is 0 Å². The zero-order chi connectivity index (χ0) is 25.1. The molecule has 0 aromatic heterocycles. The lowest BCUT2D eigenvalue weighted by atomic mass is 9.53. The van der Waals surface area contributed by atoms with E-state index in [1.54, 1.807) is 0 Å². The second-order valence-electron chi connectivity index (χ2n) is 10.9. The summed E-state index contributed by atoms with van der Waals surface area (Å²) in [6.45, 7) is 0. The van der Waals surface area contributed by atoms with Gasteiger partial charge in [0.25, 0.3) is 0 Å². The number of hydrogen-bond donors (Lipinski definition) is 0. The first-order chi connectivity index (χ1) is 18.8. The van der Waals surface area contributed by atoms with Gasteiger partial charge in [0.1, 0.15) is 0 Å². The molecule has 0 N–H and O–H groups in total. The molecule has 0 heteroatoms. The summed E-state index contributed by atoms with van der Waals surface area (Å²) >= 11 is 0. The average molecular weight is 477 g/mol. The molecule has 0 saturated carbocycles. The maximum atomic E-state index is 8.73. The van der Waals surface area contributed by atoms with Gasteiger partial charge in [0, 0.05) is 23.7 Å². The number of rotatable bonds is 0. The van der Waals surface area contributed by atoms with Crippen molar-refractivity contribution < 1.29 is 0 Å². The summed E-state index contributed by atoms with van der Waals surface area (Å²) in [5, 5.41) is 0. The molecule has 174 valence electrons. The minimum absolute atomic E-state index is 0.0265. The molecule has 0 spiro atoms. The number of hydrogen-bond acceptors (Lipinski definition) is 0. The van der Waals surface area contributed by atoms with Gasteiger partial charge in [-0.25, -0.2) is 0 Å². The lowest BCUT2D eigenvalue weighted by Gasteiger charge is -2.54. The van der Waals surface area contributed by atoms with E-state index in [2.05, 4.69) is 109 Å². The second kappa shape index (κ2) is 6.95. The quantitative estimate of drug-likeness (QED) is 0.157. The number of benzene rings is 5. The van der Waals surface area contributed by atoms with Crippen LogP contribution in [-0.4, -0.2) is 0 Å². The first-order valence-corrected chi connectivity index (χ1v) is 13.3. The van der Waals surface area contributed by atoms with Crippen molar-refractivity contribution in [2.24, 2.45) is 0 Å². The van der Waals surface area contributed by atoms with Crippen LogP contribution in [0, 0.1) is 24.7 Å². The molecule has 0 aliphatic heterocycles. The molecule has 6 aliphatic carbocycles. The maximum Gasteiger partial charge on any atom is 0.0182 e. The van der Waals surface area contributed by atoms with E-state index in [0.29, 0.717) is 0 Å². The second-order valence-corrected chi connectivity index (χ2v) is 10.9. The molecule has 4 bridgehead atoms. The van der Waals surface area contributed by atoms with Gasteiger partial charge in [-0.1, -0.05) is 97.1 Å². The van der Waals surface area contributed by atoms with Gasteiger partial charge >= 0.3 is 0 Å². The first-order valence-electron chi connectivity index (χ1n) is 13.3. The van der Waals surface area contributed by atoms with Crippen molar-refractivity contribution in [3.63, 3.8) is 0 Å². The van der Waals surface area contributed by atoms with Crippen LogP contribution in [0.5, 0.6) is 0 Å². The minimum Gasteiger partial charge on any atom is -0.366 e. The third-order valence-corrected chi connectivity index (χ3v) is 9.53. The van der Waals surface area contributed by atoms with E-state index in [1.807, 2.05) is 0 Å². The monoisotopic (exact) mass is 476 g/mol. The van der Waals surface area contributed by atoms with Crippen LogP contribution in [0.15, 0.2) is 97.1 Å². The summed E-state index contributed by atoms with van der Waals surface area (Å²) in [5.41, 5.74) is 17.0. The summed E-state index contributed by atoms with van der Waals surface area (Å²) in [4.78, 5) is 0.